The van der Waals surface area contributed by atoms with Gasteiger partial charge < -0.3 is 10.6 Å². The van der Waals surface area contributed by atoms with E-state index in [1.54, 1.807) is 11.3 Å². The Kier molecular flexibility index (Phi) is 4.23. The van der Waals surface area contributed by atoms with Crippen molar-refractivity contribution < 1.29 is 0 Å². The fourth-order valence-corrected chi connectivity index (χ4v) is 3.23. The molecule has 0 bridgehead atoms. The van der Waals surface area contributed by atoms with Crippen molar-refractivity contribution in [1.29, 1.82) is 0 Å². The maximum Gasteiger partial charge on any atom is 0.123 e. The van der Waals surface area contributed by atoms with Crippen molar-refractivity contribution in [3.63, 3.8) is 0 Å². The molecule has 1 aliphatic rings. The summed E-state index contributed by atoms with van der Waals surface area (Å²) < 4.78 is 0. The molecule has 1 saturated heterocycles. The molecule has 19 heavy (non-hydrogen) atoms. The molecular formula is C15H19N3S. The lowest BCUT2D eigenvalue weighted by atomic mass is 10.2. The van der Waals surface area contributed by atoms with Crippen molar-refractivity contribution in [3.8, 4) is 10.6 Å². The Labute approximate surface area is 118 Å². The highest BCUT2D eigenvalue weighted by Crippen LogP contribution is 2.23. The van der Waals surface area contributed by atoms with Crippen LogP contribution in [-0.2, 0) is 6.54 Å². The molecule has 1 fully saturated rings. The van der Waals surface area contributed by atoms with Crippen molar-refractivity contribution in [2.24, 2.45) is 0 Å². The molecule has 3 nitrogen and oxygen atoms in total. The third kappa shape index (κ3) is 3.41. The summed E-state index contributed by atoms with van der Waals surface area (Å²) in [6, 6.07) is 11.0. The molecule has 0 radical (unpaired) electrons. The predicted molar refractivity (Wildman–Crippen MR) is 80.3 cm³/mol. The normalized spacial score (nSPS) is 18.8. The summed E-state index contributed by atoms with van der Waals surface area (Å²) in [7, 11) is 0. The molecule has 2 aromatic rings. The first-order chi connectivity index (χ1) is 9.42. The third-order valence-corrected chi connectivity index (χ3v) is 4.37. The summed E-state index contributed by atoms with van der Waals surface area (Å²) in [5.41, 5.74) is 2.35. The number of aromatic nitrogens is 1. The predicted octanol–water partition coefficient (Wildman–Crippen LogP) is 2.65. The molecule has 0 aliphatic carbocycles. The molecule has 0 amide bonds. The molecule has 0 saturated carbocycles. The van der Waals surface area contributed by atoms with Gasteiger partial charge in [0.05, 0.1) is 5.69 Å². The largest absolute Gasteiger partial charge is 0.313 e. The zero-order chi connectivity index (χ0) is 12.9. The van der Waals surface area contributed by atoms with Gasteiger partial charge in [-0.15, -0.1) is 11.3 Å². The van der Waals surface area contributed by atoms with Crippen LogP contribution in [0.5, 0.6) is 0 Å². The van der Waals surface area contributed by atoms with Crippen molar-refractivity contribution in [1.82, 2.24) is 15.6 Å². The molecule has 1 aromatic carbocycles. The first-order valence-electron chi connectivity index (χ1n) is 6.86. The molecule has 4 heteroatoms. The molecule has 100 valence electrons. The van der Waals surface area contributed by atoms with Gasteiger partial charge in [0.15, 0.2) is 0 Å². The van der Waals surface area contributed by atoms with E-state index >= 15 is 0 Å². The number of nitrogens with zero attached hydrogens (tertiary/aromatic N) is 1. The van der Waals surface area contributed by atoms with Gasteiger partial charge in [0.2, 0.25) is 0 Å². The zero-order valence-electron chi connectivity index (χ0n) is 10.9. The Morgan fingerprint density at radius 3 is 3.00 bits per heavy atom. The second-order valence-electron chi connectivity index (χ2n) is 4.93. The maximum absolute atomic E-state index is 4.68. The van der Waals surface area contributed by atoms with E-state index in [0.29, 0.717) is 6.04 Å². The fraction of sp³-hybridized carbons (Fsp3) is 0.400. The van der Waals surface area contributed by atoms with E-state index in [9.17, 15) is 0 Å². The van der Waals surface area contributed by atoms with Crippen molar-refractivity contribution >= 4 is 11.3 Å². The lowest BCUT2D eigenvalue weighted by Crippen LogP contribution is -2.33. The summed E-state index contributed by atoms with van der Waals surface area (Å²) in [6.07, 6.45) is 2.60. The van der Waals surface area contributed by atoms with Crippen LogP contribution in [0.1, 0.15) is 18.5 Å². The Hall–Kier alpha value is -1.23. The molecule has 1 atom stereocenters. The van der Waals surface area contributed by atoms with E-state index in [-0.39, 0.29) is 0 Å². The van der Waals surface area contributed by atoms with Crippen LogP contribution in [0, 0.1) is 0 Å². The second-order valence-corrected chi connectivity index (χ2v) is 5.79. The highest BCUT2D eigenvalue weighted by atomic mass is 32.1. The van der Waals surface area contributed by atoms with Crippen LogP contribution >= 0.6 is 11.3 Å². The maximum atomic E-state index is 4.68. The van der Waals surface area contributed by atoms with E-state index in [0.717, 1.165) is 23.8 Å². The molecule has 1 aliphatic heterocycles. The number of rotatable bonds is 5. The van der Waals surface area contributed by atoms with Crippen LogP contribution in [0.3, 0.4) is 0 Å². The number of nitrogens with one attached hydrogen (secondary N) is 2. The minimum Gasteiger partial charge on any atom is -0.313 e. The Morgan fingerprint density at radius 1 is 1.32 bits per heavy atom. The highest BCUT2D eigenvalue weighted by Gasteiger charge is 2.13. The second kappa shape index (κ2) is 6.28. The number of hydrogen-bond acceptors (Lipinski definition) is 4. The summed E-state index contributed by atoms with van der Waals surface area (Å²) in [4.78, 5) is 4.68. The minimum atomic E-state index is 0.646. The molecule has 2 heterocycles. The summed E-state index contributed by atoms with van der Waals surface area (Å²) in [5, 5.41) is 10.2. The average molecular weight is 273 g/mol. The lowest BCUT2D eigenvalue weighted by molar-refractivity contribution is 0.533. The van der Waals surface area contributed by atoms with Crippen LogP contribution in [0.25, 0.3) is 10.6 Å². The summed E-state index contributed by atoms with van der Waals surface area (Å²) >= 11 is 1.72. The minimum absolute atomic E-state index is 0.646. The number of hydrogen-bond donors (Lipinski definition) is 2. The van der Waals surface area contributed by atoms with Gasteiger partial charge in [0.1, 0.15) is 5.01 Å². The van der Waals surface area contributed by atoms with E-state index in [4.69, 9.17) is 0 Å². The molecule has 2 N–H and O–H groups in total. The fourth-order valence-electron chi connectivity index (χ4n) is 2.41. The molecular weight excluding hydrogens is 254 g/mol. The summed E-state index contributed by atoms with van der Waals surface area (Å²) in [6.45, 7) is 3.07. The van der Waals surface area contributed by atoms with E-state index < -0.39 is 0 Å². The van der Waals surface area contributed by atoms with Gasteiger partial charge >= 0.3 is 0 Å². The van der Waals surface area contributed by atoms with Crippen molar-refractivity contribution in [2.75, 3.05) is 13.1 Å². The van der Waals surface area contributed by atoms with Crippen LogP contribution in [-0.4, -0.2) is 24.1 Å². The molecule has 0 unspecified atom stereocenters. The van der Waals surface area contributed by atoms with E-state index in [1.165, 1.54) is 24.9 Å². The van der Waals surface area contributed by atoms with Crippen LogP contribution in [0.15, 0.2) is 35.7 Å². The monoisotopic (exact) mass is 273 g/mol. The molecule has 1 aromatic heterocycles. The first kappa shape index (κ1) is 12.8. The first-order valence-corrected chi connectivity index (χ1v) is 7.74. The van der Waals surface area contributed by atoms with Crippen molar-refractivity contribution in [2.45, 2.75) is 25.4 Å². The van der Waals surface area contributed by atoms with E-state index in [1.807, 2.05) is 6.07 Å². The Balaban J connectivity index is 1.53. The Morgan fingerprint density at radius 2 is 2.21 bits per heavy atom. The van der Waals surface area contributed by atoms with Gasteiger partial charge in [0, 0.05) is 30.1 Å². The SMILES string of the molecule is c1ccc(-c2nc(CNC[C@@H]3CCCN3)cs2)cc1. The van der Waals surface area contributed by atoms with Gasteiger partial charge in [-0.1, -0.05) is 30.3 Å². The third-order valence-electron chi connectivity index (χ3n) is 3.43. The standard InChI is InChI=1S/C15H19N3S/c1-2-5-12(6-3-1)15-18-14(11-19-15)10-16-9-13-7-4-8-17-13/h1-3,5-6,11,13,16-17H,4,7-10H2/t13-/m0/s1. The van der Waals surface area contributed by atoms with E-state index in [2.05, 4.69) is 45.3 Å². The quantitative estimate of drug-likeness (QED) is 0.879. The highest BCUT2D eigenvalue weighted by molar-refractivity contribution is 7.13. The number of thiazole rings is 1. The molecule has 0 spiro atoms. The van der Waals surface area contributed by atoms with Crippen LogP contribution in [0.4, 0.5) is 0 Å². The number of benzene rings is 1. The van der Waals surface area contributed by atoms with Gasteiger partial charge in [-0.2, -0.15) is 0 Å². The smallest absolute Gasteiger partial charge is 0.123 e. The average Bonchev–Trinajstić information content (AvgIpc) is 3.11. The summed E-state index contributed by atoms with van der Waals surface area (Å²) in [5.74, 6) is 0. The van der Waals surface area contributed by atoms with Crippen LogP contribution < -0.4 is 10.6 Å². The van der Waals surface area contributed by atoms with Crippen LogP contribution in [0.2, 0.25) is 0 Å². The van der Waals surface area contributed by atoms with Gasteiger partial charge in [0.25, 0.3) is 0 Å². The Bertz CT molecular complexity index is 503. The van der Waals surface area contributed by atoms with Gasteiger partial charge in [-0.3, -0.25) is 0 Å². The van der Waals surface area contributed by atoms with Gasteiger partial charge in [-0.05, 0) is 19.4 Å². The topological polar surface area (TPSA) is 37.0 Å². The molecule has 3 rings (SSSR count). The zero-order valence-corrected chi connectivity index (χ0v) is 11.7. The van der Waals surface area contributed by atoms with Gasteiger partial charge in [-0.25, -0.2) is 4.98 Å². The lowest BCUT2D eigenvalue weighted by Gasteiger charge is -2.10. The van der Waals surface area contributed by atoms with Crippen molar-refractivity contribution in [3.05, 3.63) is 41.4 Å².